The van der Waals surface area contributed by atoms with E-state index in [-0.39, 0.29) is 11.5 Å². The zero-order valence-electron chi connectivity index (χ0n) is 12.5. The van der Waals surface area contributed by atoms with Crippen LogP contribution in [0.1, 0.15) is 57.1 Å². The van der Waals surface area contributed by atoms with Gasteiger partial charge in [-0.05, 0) is 67.3 Å². The Hall–Kier alpha value is -0.960. The lowest BCUT2D eigenvalue weighted by atomic mass is 9.43. The first-order chi connectivity index (χ1) is 9.89. The van der Waals surface area contributed by atoms with Crippen LogP contribution < -0.4 is 5.73 Å². The van der Waals surface area contributed by atoms with E-state index in [1.54, 1.807) is 6.07 Å². The van der Waals surface area contributed by atoms with Gasteiger partial charge in [-0.25, -0.2) is 8.78 Å². The Bertz CT molecular complexity index is 569. The van der Waals surface area contributed by atoms with Crippen molar-refractivity contribution in [2.45, 2.75) is 51.5 Å². The molecule has 3 unspecified atom stereocenters. The van der Waals surface area contributed by atoms with Gasteiger partial charge in [0.15, 0.2) is 0 Å². The first kappa shape index (κ1) is 13.7. The second kappa shape index (κ2) is 4.28. The van der Waals surface area contributed by atoms with Gasteiger partial charge in [-0.3, -0.25) is 0 Å². The van der Waals surface area contributed by atoms with Gasteiger partial charge in [-0.1, -0.05) is 13.0 Å². The summed E-state index contributed by atoms with van der Waals surface area (Å²) in [5.74, 6) is 0.501. The maximum atomic E-state index is 14.2. The molecule has 0 spiro atoms. The molecule has 3 atom stereocenters. The van der Waals surface area contributed by atoms with E-state index in [4.69, 9.17) is 5.73 Å². The van der Waals surface area contributed by atoms with Crippen molar-refractivity contribution in [2.24, 2.45) is 28.4 Å². The summed E-state index contributed by atoms with van der Waals surface area (Å²) < 4.78 is 27.3. The van der Waals surface area contributed by atoms with E-state index in [2.05, 4.69) is 6.92 Å². The van der Waals surface area contributed by atoms with E-state index < -0.39 is 11.6 Å². The minimum Gasteiger partial charge on any atom is -0.323 e. The summed E-state index contributed by atoms with van der Waals surface area (Å²) in [6.45, 7) is 2.38. The zero-order valence-corrected chi connectivity index (χ0v) is 12.5. The molecule has 114 valence electrons. The van der Waals surface area contributed by atoms with Crippen molar-refractivity contribution in [1.82, 2.24) is 0 Å². The lowest BCUT2D eigenvalue weighted by Gasteiger charge is -2.63. The fraction of sp³-hybridized carbons (Fsp3) is 0.667. The Labute approximate surface area is 124 Å². The van der Waals surface area contributed by atoms with Gasteiger partial charge in [0.2, 0.25) is 0 Å². The van der Waals surface area contributed by atoms with Crippen LogP contribution >= 0.6 is 0 Å². The average molecular weight is 291 g/mol. The topological polar surface area (TPSA) is 26.0 Å². The van der Waals surface area contributed by atoms with Crippen LogP contribution in [0.5, 0.6) is 0 Å². The molecule has 21 heavy (non-hydrogen) atoms. The van der Waals surface area contributed by atoms with Crippen molar-refractivity contribution < 1.29 is 8.78 Å². The molecule has 0 saturated heterocycles. The van der Waals surface area contributed by atoms with Gasteiger partial charge < -0.3 is 5.73 Å². The highest BCUT2D eigenvalue weighted by Gasteiger charge is 2.58. The molecule has 4 fully saturated rings. The van der Waals surface area contributed by atoms with Gasteiger partial charge in [-0.2, -0.15) is 0 Å². The van der Waals surface area contributed by atoms with Crippen molar-refractivity contribution >= 4 is 0 Å². The fourth-order valence-electron chi connectivity index (χ4n) is 6.25. The van der Waals surface area contributed by atoms with Gasteiger partial charge in [0.1, 0.15) is 11.6 Å². The number of hydrogen-bond acceptors (Lipinski definition) is 1. The average Bonchev–Trinajstić information content (AvgIpc) is 2.35. The van der Waals surface area contributed by atoms with Crippen LogP contribution in [-0.2, 0) is 0 Å². The van der Waals surface area contributed by atoms with E-state index in [1.807, 2.05) is 0 Å². The Morgan fingerprint density at radius 2 is 1.81 bits per heavy atom. The normalized spacial score (nSPS) is 42.3. The molecule has 3 heteroatoms. The van der Waals surface area contributed by atoms with Crippen molar-refractivity contribution in [3.63, 3.8) is 0 Å². The predicted molar refractivity (Wildman–Crippen MR) is 78.5 cm³/mol. The van der Waals surface area contributed by atoms with Gasteiger partial charge in [-0.15, -0.1) is 0 Å². The van der Waals surface area contributed by atoms with E-state index in [1.165, 1.54) is 25.3 Å². The summed E-state index contributed by atoms with van der Waals surface area (Å²) in [7, 11) is 0. The molecule has 2 N–H and O–H groups in total. The molecule has 4 saturated carbocycles. The quantitative estimate of drug-likeness (QED) is 0.848. The molecule has 1 nitrogen and oxygen atoms in total. The molecule has 0 heterocycles. The Balaban J connectivity index is 1.72. The molecular weight excluding hydrogens is 268 g/mol. The summed E-state index contributed by atoms with van der Waals surface area (Å²) in [5.41, 5.74) is 7.46. The van der Waals surface area contributed by atoms with Crippen LogP contribution in [0.15, 0.2) is 18.2 Å². The lowest BCUT2D eigenvalue weighted by Crippen LogP contribution is -2.54. The van der Waals surface area contributed by atoms with E-state index in [0.29, 0.717) is 11.0 Å². The van der Waals surface area contributed by atoms with Crippen LogP contribution in [0.3, 0.4) is 0 Å². The Kier molecular flexibility index (Phi) is 2.79. The lowest BCUT2D eigenvalue weighted by molar-refractivity contribution is -0.114. The van der Waals surface area contributed by atoms with Gasteiger partial charge in [0, 0.05) is 17.7 Å². The largest absolute Gasteiger partial charge is 0.323 e. The standard InChI is InChI=1S/C18H23F2N/c1-17-6-11-4-12(7-17)9-18(8-11,10-17)16(21)14-3-2-13(19)5-15(14)20/h2-3,5,11-12,16H,4,6-10,21H2,1H3. The molecule has 4 bridgehead atoms. The minimum absolute atomic E-state index is 0.0253. The molecule has 1 aromatic rings. The Morgan fingerprint density at radius 1 is 1.14 bits per heavy atom. The second-order valence-corrected chi connectivity index (χ2v) is 8.28. The zero-order chi connectivity index (χ0) is 14.8. The molecule has 4 aliphatic carbocycles. The molecule has 0 amide bonds. The van der Waals surface area contributed by atoms with Crippen molar-refractivity contribution in [3.8, 4) is 0 Å². The van der Waals surface area contributed by atoms with Crippen molar-refractivity contribution in [2.75, 3.05) is 0 Å². The monoisotopic (exact) mass is 291 g/mol. The molecule has 0 radical (unpaired) electrons. The van der Waals surface area contributed by atoms with Gasteiger partial charge in [0.25, 0.3) is 0 Å². The Morgan fingerprint density at radius 3 is 2.38 bits per heavy atom. The highest BCUT2D eigenvalue weighted by atomic mass is 19.1. The number of hydrogen-bond donors (Lipinski definition) is 1. The highest BCUT2D eigenvalue weighted by molar-refractivity contribution is 5.26. The first-order valence-electron chi connectivity index (χ1n) is 8.10. The van der Waals surface area contributed by atoms with Crippen LogP contribution in [0.4, 0.5) is 8.78 Å². The van der Waals surface area contributed by atoms with Crippen LogP contribution in [-0.4, -0.2) is 0 Å². The molecular formula is C18H23F2N. The number of halogens is 2. The molecule has 5 rings (SSSR count). The molecule has 4 aliphatic rings. The number of benzene rings is 1. The molecule has 0 aromatic heterocycles. The number of rotatable bonds is 2. The van der Waals surface area contributed by atoms with E-state index in [9.17, 15) is 8.78 Å². The highest BCUT2D eigenvalue weighted by Crippen LogP contribution is 2.67. The van der Waals surface area contributed by atoms with E-state index in [0.717, 1.165) is 37.2 Å². The van der Waals surface area contributed by atoms with Crippen LogP contribution in [0.2, 0.25) is 0 Å². The molecule has 0 aliphatic heterocycles. The third kappa shape index (κ3) is 2.04. The van der Waals surface area contributed by atoms with E-state index >= 15 is 0 Å². The maximum absolute atomic E-state index is 14.2. The van der Waals surface area contributed by atoms with Crippen molar-refractivity contribution in [1.29, 1.82) is 0 Å². The fourth-order valence-corrected chi connectivity index (χ4v) is 6.25. The summed E-state index contributed by atoms with van der Waals surface area (Å²) >= 11 is 0. The SMILES string of the molecule is CC12CC3CC(C1)CC(C(N)c1ccc(F)cc1F)(C3)C2. The molecule has 1 aromatic carbocycles. The smallest absolute Gasteiger partial charge is 0.130 e. The summed E-state index contributed by atoms with van der Waals surface area (Å²) in [5, 5.41) is 0. The second-order valence-electron chi connectivity index (χ2n) is 8.28. The first-order valence-corrected chi connectivity index (χ1v) is 8.10. The summed E-state index contributed by atoms with van der Waals surface area (Å²) in [4.78, 5) is 0. The predicted octanol–water partition coefficient (Wildman–Crippen LogP) is 4.57. The third-order valence-electron chi connectivity index (χ3n) is 6.36. The summed E-state index contributed by atoms with van der Waals surface area (Å²) in [6, 6.07) is 3.55. The van der Waals surface area contributed by atoms with Gasteiger partial charge in [0.05, 0.1) is 0 Å². The minimum atomic E-state index is -0.527. The summed E-state index contributed by atoms with van der Waals surface area (Å²) in [6.07, 6.45) is 7.29. The third-order valence-corrected chi connectivity index (χ3v) is 6.36. The van der Waals surface area contributed by atoms with Crippen LogP contribution in [0, 0.1) is 34.3 Å². The van der Waals surface area contributed by atoms with Crippen molar-refractivity contribution in [3.05, 3.63) is 35.4 Å². The maximum Gasteiger partial charge on any atom is 0.130 e. The van der Waals surface area contributed by atoms with Crippen LogP contribution in [0.25, 0.3) is 0 Å². The van der Waals surface area contributed by atoms with Gasteiger partial charge >= 0.3 is 0 Å². The number of nitrogens with two attached hydrogens (primary N) is 1.